The quantitative estimate of drug-likeness (QED) is 0.502. The van der Waals surface area contributed by atoms with E-state index in [-0.39, 0.29) is 43.4 Å². The van der Waals surface area contributed by atoms with Gasteiger partial charge >= 0.3 is 12.1 Å². The lowest BCUT2D eigenvalue weighted by Crippen LogP contribution is -2.42. The molecular formula is C27H34N2O5. The van der Waals surface area contributed by atoms with Crippen molar-refractivity contribution in [1.82, 2.24) is 10.2 Å². The summed E-state index contributed by atoms with van der Waals surface area (Å²) in [4.78, 5) is 37.4. The number of aliphatic carboxylic acids is 1. The Kier molecular flexibility index (Phi) is 8.68. The van der Waals surface area contributed by atoms with Crippen molar-refractivity contribution in [3.63, 3.8) is 0 Å². The van der Waals surface area contributed by atoms with Gasteiger partial charge in [-0.05, 0) is 47.9 Å². The number of carbonyl (C=O) groups excluding carboxylic acids is 2. The van der Waals surface area contributed by atoms with E-state index in [0.29, 0.717) is 19.4 Å². The number of nitrogens with zero attached hydrogens (tertiary/aromatic N) is 1. The Morgan fingerprint density at radius 2 is 1.62 bits per heavy atom. The molecule has 0 fully saturated rings. The summed E-state index contributed by atoms with van der Waals surface area (Å²) in [7, 11) is 0. The Hall–Kier alpha value is -3.35. The molecule has 2 aromatic rings. The van der Waals surface area contributed by atoms with Crippen LogP contribution in [0.1, 0.15) is 57.1 Å². The first kappa shape index (κ1) is 25.3. The smallest absolute Gasteiger partial charge is 0.407 e. The molecule has 0 bridgehead atoms. The molecule has 2 atom stereocenters. The van der Waals surface area contributed by atoms with Crippen molar-refractivity contribution in [2.45, 2.75) is 52.0 Å². The number of hydrogen-bond acceptors (Lipinski definition) is 4. The summed E-state index contributed by atoms with van der Waals surface area (Å²) in [5.74, 6) is -1.13. The highest BCUT2D eigenvalue weighted by atomic mass is 16.5. The highest BCUT2D eigenvalue weighted by Gasteiger charge is 2.29. The number of benzene rings is 2. The summed E-state index contributed by atoms with van der Waals surface area (Å²) >= 11 is 0. The predicted octanol–water partition coefficient (Wildman–Crippen LogP) is 4.65. The molecule has 2 aromatic carbocycles. The zero-order valence-electron chi connectivity index (χ0n) is 20.1. The highest BCUT2D eigenvalue weighted by molar-refractivity contribution is 5.81. The highest BCUT2D eigenvalue weighted by Crippen LogP contribution is 2.44. The lowest BCUT2D eigenvalue weighted by atomic mass is 9.98. The van der Waals surface area contributed by atoms with Gasteiger partial charge in [-0.3, -0.25) is 9.59 Å². The van der Waals surface area contributed by atoms with E-state index < -0.39 is 12.1 Å². The van der Waals surface area contributed by atoms with Crippen LogP contribution in [-0.2, 0) is 14.3 Å². The van der Waals surface area contributed by atoms with Crippen molar-refractivity contribution in [3.05, 3.63) is 59.7 Å². The third-order valence-electron chi connectivity index (χ3n) is 6.54. The fourth-order valence-corrected chi connectivity index (χ4v) is 4.38. The van der Waals surface area contributed by atoms with Crippen LogP contribution in [0.4, 0.5) is 4.79 Å². The van der Waals surface area contributed by atoms with Crippen LogP contribution in [0.5, 0.6) is 0 Å². The van der Waals surface area contributed by atoms with Crippen molar-refractivity contribution >= 4 is 18.0 Å². The van der Waals surface area contributed by atoms with E-state index in [2.05, 4.69) is 29.6 Å². The van der Waals surface area contributed by atoms with Crippen LogP contribution in [0.15, 0.2) is 48.5 Å². The van der Waals surface area contributed by atoms with E-state index in [1.165, 1.54) is 16.0 Å². The normalized spacial score (nSPS) is 14.0. The predicted molar refractivity (Wildman–Crippen MR) is 131 cm³/mol. The van der Waals surface area contributed by atoms with Gasteiger partial charge in [-0.2, -0.15) is 0 Å². The first-order valence-electron chi connectivity index (χ1n) is 11.9. The summed E-state index contributed by atoms with van der Waals surface area (Å²) in [6.45, 7) is 6.07. The number of hydrogen-bond donors (Lipinski definition) is 2. The van der Waals surface area contributed by atoms with E-state index in [1.807, 2.05) is 45.0 Å². The molecule has 2 amide bonds. The van der Waals surface area contributed by atoms with Gasteiger partial charge in [0.25, 0.3) is 0 Å². The lowest BCUT2D eigenvalue weighted by Gasteiger charge is -2.27. The maximum absolute atomic E-state index is 12.5. The van der Waals surface area contributed by atoms with Gasteiger partial charge < -0.3 is 20.1 Å². The molecule has 1 aliphatic carbocycles. The first-order valence-corrected chi connectivity index (χ1v) is 11.9. The summed E-state index contributed by atoms with van der Waals surface area (Å²) in [6, 6.07) is 16.2. The monoisotopic (exact) mass is 466 g/mol. The number of ether oxygens (including phenoxy) is 1. The van der Waals surface area contributed by atoms with Crippen LogP contribution < -0.4 is 5.32 Å². The van der Waals surface area contributed by atoms with Crippen LogP contribution in [0, 0.1) is 5.92 Å². The molecule has 0 radical (unpaired) electrons. The number of carboxylic acid groups (broad SMARTS) is 1. The van der Waals surface area contributed by atoms with E-state index in [4.69, 9.17) is 9.84 Å². The summed E-state index contributed by atoms with van der Waals surface area (Å²) in [5.41, 5.74) is 4.69. The third-order valence-corrected chi connectivity index (χ3v) is 6.54. The number of amides is 2. The van der Waals surface area contributed by atoms with Gasteiger partial charge in [0, 0.05) is 24.9 Å². The third kappa shape index (κ3) is 6.16. The van der Waals surface area contributed by atoms with Gasteiger partial charge in [0.15, 0.2) is 0 Å². The van der Waals surface area contributed by atoms with Crippen molar-refractivity contribution in [2.24, 2.45) is 5.92 Å². The lowest BCUT2D eigenvalue weighted by molar-refractivity contribution is -0.146. The second-order valence-corrected chi connectivity index (χ2v) is 9.02. The van der Waals surface area contributed by atoms with Gasteiger partial charge in [0.2, 0.25) is 5.91 Å². The Bertz CT molecular complexity index is 976. The molecule has 34 heavy (non-hydrogen) atoms. The maximum atomic E-state index is 12.5. The van der Waals surface area contributed by atoms with Crippen LogP contribution in [0.3, 0.4) is 0 Å². The molecule has 0 aromatic heterocycles. The van der Waals surface area contributed by atoms with Crippen molar-refractivity contribution in [3.8, 4) is 11.1 Å². The van der Waals surface area contributed by atoms with E-state index in [1.54, 1.807) is 0 Å². The van der Waals surface area contributed by atoms with E-state index in [0.717, 1.165) is 11.1 Å². The molecule has 0 saturated carbocycles. The van der Waals surface area contributed by atoms with Crippen molar-refractivity contribution in [1.29, 1.82) is 0 Å². The fraction of sp³-hybridized carbons (Fsp3) is 0.444. The fourth-order valence-electron chi connectivity index (χ4n) is 4.38. The molecular weight excluding hydrogens is 432 g/mol. The van der Waals surface area contributed by atoms with Gasteiger partial charge in [-0.1, -0.05) is 62.4 Å². The largest absolute Gasteiger partial charge is 0.480 e. The molecule has 3 rings (SSSR count). The molecule has 1 aliphatic rings. The van der Waals surface area contributed by atoms with Crippen molar-refractivity contribution < 1.29 is 24.2 Å². The Balaban J connectivity index is 1.46. The first-order chi connectivity index (χ1) is 16.3. The number of rotatable bonds is 11. The molecule has 0 heterocycles. The minimum atomic E-state index is -1.02. The maximum Gasteiger partial charge on any atom is 0.407 e. The molecule has 182 valence electrons. The minimum Gasteiger partial charge on any atom is -0.480 e. The van der Waals surface area contributed by atoms with E-state index >= 15 is 0 Å². The zero-order valence-corrected chi connectivity index (χ0v) is 20.1. The van der Waals surface area contributed by atoms with Crippen molar-refractivity contribution in [2.75, 3.05) is 19.7 Å². The van der Waals surface area contributed by atoms with Crippen LogP contribution in [0.25, 0.3) is 11.1 Å². The average molecular weight is 467 g/mol. The summed E-state index contributed by atoms with van der Waals surface area (Å²) in [6.07, 6.45) is 1.00. The number of alkyl carbamates (subject to hydrolysis) is 1. The topological polar surface area (TPSA) is 95.9 Å². The summed E-state index contributed by atoms with van der Waals surface area (Å²) in [5, 5.41) is 11.9. The standard InChI is InChI=1S/C27H34N2O5/c1-4-19(3)29(16-26(31)32)25(30)14-13-18(2)15-28-27(33)34-17-24-22-11-7-5-9-20(22)21-10-6-8-12-23(21)24/h5-12,18-19,24H,4,13-17H2,1-3H3,(H,28,33)(H,31,32). The summed E-state index contributed by atoms with van der Waals surface area (Å²) < 4.78 is 5.55. The Labute approximate surface area is 201 Å². The molecule has 7 heteroatoms. The SMILES string of the molecule is CCC(C)N(CC(=O)O)C(=O)CCC(C)CNC(=O)OCC1c2ccccc2-c2ccccc21. The number of carboxylic acids is 1. The Morgan fingerprint density at radius 3 is 2.18 bits per heavy atom. The number of carbonyl (C=O) groups is 3. The molecule has 7 nitrogen and oxygen atoms in total. The number of fused-ring (bicyclic) bond motifs is 3. The van der Waals surface area contributed by atoms with Gasteiger partial charge in [-0.15, -0.1) is 0 Å². The number of nitrogens with one attached hydrogen (secondary N) is 1. The second-order valence-electron chi connectivity index (χ2n) is 9.02. The van der Waals surface area contributed by atoms with Gasteiger partial charge in [-0.25, -0.2) is 4.79 Å². The molecule has 2 unspecified atom stereocenters. The van der Waals surface area contributed by atoms with Gasteiger partial charge in [0.05, 0.1) is 0 Å². The van der Waals surface area contributed by atoms with Crippen LogP contribution in [0.2, 0.25) is 0 Å². The van der Waals surface area contributed by atoms with Gasteiger partial charge in [0.1, 0.15) is 13.2 Å². The average Bonchev–Trinajstić information content (AvgIpc) is 3.16. The second kappa shape index (κ2) is 11.7. The molecule has 0 aliphatic heterocycles. The van der Waals surface area contributed by atoms with E-state index in [9.17, 15) is 14.4 Å². The zero-order chi connectivity index (χ0) is 24.7. The molecule has 0 spiro atoms. The van der Waals surface area contributed by atoms with Crippen LogP contribution >= 0.6 is 0 Å². The van der Waals surface area contributed by atoms with Crippen LogP contribution in [-0.4, -0.2) is 53.7 Å². The minimum absolute atomic E-state index is 0.00830. The molecule has 2 N–H and O–H groups in total. The molecule has 0 saturated heterocycles. The Morgan fingerprint density at radius 1 is 1.03 bits per heavy atom.